The third kappa shape index (κ3) is 4.67. The summed E-state index contributed by atoms with van der Waals surface area (Å²) in [6.45, 7) is 0. The number of aromatic nitrogens is 3. The molecule has 2 aromatic rings. The average molecular weight is 440 g/mol. The van der Waals surface area contributed by atoms with Crippen molar-refractivity contribution in [3.05, 3.63) is 30.1 Å². The lowest BCUT2D eigenvalue weighted by molar-refractivity contribution is -0.145. The monoisotopic (exact) mass is 440 g/mol. The molecule has 10 nitrogen and oxygen atoms in total. The third-order valence-electron chi connectivity index (χ3n) is 4.37. The van der Waals surface area contributed by atoms with E-state index in [1.807, 2.05) is 0 Å². The fraction of sp³-hybridized carbons (Fsp3) is 0.353. The lowest BCUT2D eigenvalue weighted by Crippen LogP contribution is -2.42. The predicted molar refractivity (Wildman–Crippen MR) is 102 cm³/mol. The van der Waals surface area contributed by atoms with Crippen LogP contribution in [-0.4, -0.2) is 54.6 Å². The van der Waals surface area contributed by atoms with Crippen LogP contribution >= 0.6 is 0 Å². The molecule has 0 saturated heterocycles. The van der Waals surface area contributed by atoms with Gasteiger partial charge in [0, 0.05) is 44.3 Å². The summed E-state index contributed by atoms with van der Waals surface area (Å²) in [5.74, 6) is -5.15. The van der Waals surface area contributed by atoms with Crippen LogP contribution in [0.2, 0.25) is 0 Å². The van der Waals surface area contributed by atoms with E-state index in [2.05, 4.69) is 31.1 Å². The SMILES string of the molecule is CNC(=O)c1nnc(NC(=O)C2CC(F)(F)C2)cc1Nc1ncccc1S(C)(=O)=O. The van der Waals surface area contributed by atoms with E-state index in [-0.39, 0.29) is 27.9 Å². The molecule has 0 radical (unpaired) electrons. The summed E-state index contributed by atoms with van der Waals surface area (Å²) in [6.07, 6.45) is 1.24. The number of hydrogen-bond donors (Lipinski definition) is 3. The summed E-state index contributed by atoms with van der Waals surface area (Å²) in [5.41, 5.74) is -0.169. The molecule has 1 saturated carbocycles. The molecule has 2 heterocycles. The summed E-state index contributed by atoms with van der Waals surface area (Å²) >= 11 is 0. The molecule has 160 valence electrons. The second-order valence-corrected chi connectivity index (χ2v) is 8.75. The first kappa shape index (κ1) is 21.5. The lowest BCUT2D eigenvalue weighted by Gasteiger charge is -2.33. The molecule has 3 rings (SSSR count). The predicted octanol–water partition coefficient (Wildman–Crippen LogP) is 1.36. The topological polar surface area (TPSA) is 143 Å². The molecule has 0 aromatic carbocycles. The van der Waals surface area contributed by atoms with Crippen molar-refractivity contribution in [2.45, 2.75) is 23.7 Å². The minimum Gasteiger partial charge on any atom is -0.354 e. The fourth-order valence-electron chi connectivity index (χ4n) is 2.82. The van der Waals surface area contributed by atoms with Gasteiger partial charge in [-0.3, -0.25) is 9.59 Å². The van der Waals surface area contributed by atoms with Crippen molar-refractivity contribution in [3.63, 3.8) is 0 Å². The van der Waals surface area contributed by atoms with Crippen LogP contribution in [0.25, 0.3) is 0 Å². The highest BCUT2D eigenvalue weighted by molar-refractivity contribution is 7.90. The van der Waals surface area contributed by atoms with Crippen molar-refractivity contribution >= 4 is 39.0 Å². The summed E-state index contributed by atoms with van der Waals surface area (Å²) in [7, 11) is -2.28. The molecule has 1 fully saturated rings. The van der Waals surface area contributed by atoms with Crippen LogP contribution in [0, 0.1) is 5.92 Å². The van der Waals surface area contributed by atoms with E-state index >= 15 is 0 Å². The number of anilines is 3. The molecule has 1 aliphatic rings. The van der Waals surface area contributed by atoms with Crippen LogP contribution in [0.4, 0.5) is 26.1 Å². The zero-order valence-electron chi connectivity index (χ0n) is 15.9. The van der Waals surface area contributed by atoms with Crippen molar-refractivity contribution in [3.8, 4) is 0 Å². The molecule has 3 N–H and O–H groups in total. The standard InChI is InChI=1S/C17H18F2N6O4S/c1-20-16(27)13-10(22-14-11(30(2,28)29)4-3-5-21-14)6-12(24-25-13)23-15(26)9-7-17(18,19)8-9/h3-6,9H,7-8H2,1-2H3,(H,20,27)(H2,21,22,23,24,26). The quantitative estimate of drug-likeness (QED) is 0.611. The number of carbonyl (C=O) groups is 2. The maximum absolute atomic E-state index is 13.0. The number of hydrogen-bond acceptors (Lipinski definition) is 8. The lowest BCUT2D eigenvalue weighted by atomic mass is 9.81. The molecule has 0 bridgehead atoms. The number of sulfone groups is 1. The van der Waals surface area contributed by atoms with E-state index in [4.69, 9.17) is 0 Å². The summed E-state index contributed by atoms with van der Waals surface area (Å²) in [4.78, 5) is 28.1. The van der Waals surface area contributed by atoms with Crippen molar-refractivity contribution in [1.29, 1.82) is 0 Å². The van der Waals surface area contributed by atoms with Crippen LogP contribution in [0.1, 0.15) is 23.3 Å². The molecule has 30 heavy (non-hydrogen) atoms. The van der Waals surface area contributed by atoms with E-state index in [9.17, 15) is 26.8 Å². The van der Waals surface area contributed by atoms with E-state index in [1.165, 1.54) is 31.4 Å². The Morgan fingerprint density at radius 1 is 1.23 bits per heavy atom. The van der Waals surface area contributed by atoms with Gasteiger partial charge in [0.1, 0.15) is 10.7 Å². The molecular formula is C17H18F2N6O4S. The van der Waals surface area contributed by atoms with E-state index in [0.717, 1.165) is 6.26 Å². The van der Waals surface area contributed by atoms with Crippen LogP contribution in [0.15, 0.2) is 29.3 Å². The number of carbonyl (C=O) groups excluding carboxylic acids is 2. The maximum atomic E-state index is 13.0. The van der Waals surface area contributed by atoms with Crippen molar-refractivity contribution in [1.82, 2.24) is 20.5 Å². The van der Waals surface area contributed by atoms with Crippen LogP contribution in [0.5, 0.6) is 0 Å². The first-order chi connectivity index (χ1) is 14.0. The van der Waals surface area contributed by atoms with Gasteiger partial charge in [0.05, 0.1) is 5.69 Å². The smallest absolute Gasteiger partial charge is 0.273 e. The van der Waals surface area contributed by atoms with Gasteiger partial charge in [0.15, 0.2) is 21.3 Å². The minimum atomic E-state index is -3.64. The molecule has 0 atom stereocenters. The Bertz CT molecular complexity index is 1100. The molecule has 2 amide bonds. The highest BCUT2D eigenvalue weighted by atomic mass is 32.2. The molecule has 0 aliphatic heterocycles. The van der Waals surface area contributed by atoms with Gasteiger partial charge in [-0.25, -0.2) is 22.2 Å². The Morgan fingerprint density at radius 3 is 2.53 bits per heavy atom. The second-order valence-electron chi connectivity index (χ2n) is 6.77. The van der Waals surface area contributed by atoms with Gasteiger partial charge >= 0.3 is 0 Å². The molecule has 2 aromatic heterocycles. The first-order valence-corrected chi connectivity index (χ1v) is 10.6. The average Bonchev–Trinajstić information content (AvgIpc) is 2.65. The van der Waals surface area contributed by atoms with Gasteiger partial charge in [0.2, 0.25) is 11.8 Å². The summed E-state index contributed by atoms with van der Waals surface area (Å²) < 4.78 is 50.0. The van der Waals surface area contributed by atoms with Gasteiger partial charge in [0.25, 0.3) is 5.91 Å². The number of rotatable bonds is 6. The van der Waals surface area contributed by atoms with Crippen molar-refractivity contribution in [2.24, 2.45) is 5.92 Å². The van der Waals surface area contributed by atoms with E-state index in [1.54, 1.807) is 0 Å². The Kier molecular flexibility index (Phi) is 5.65. The Balaban J connectivity index is 1.92. The highest BCUT2D eigenvalue weighted by Crippen LogP contribution is 2.42. The van der Waals surface area contributed by atoms with Crippen molar-refractivity contribution < 1.29 is 26.8 Å². The van der Waals surface area contributed by atoms with E-state index < -0.39 is 46.3 Å². The van der Waals surface area contributed by atoms with Crippen LogP contribution < -0.4 is 16.0 Å². The molecular weight excluding hydrogens is 422 g/mol. The number of nitrogens with zero attached hydrogens (tertiary/aromatic N) is 3. The summed E-state index contributed by atoms with van der Waals surface area (Å²) in [6, 6.07) is 4.01. The fourth-order valence-corrected chi connectivity index (χ4v) is 3.60. The van der Waals surface area contributed by atoms with Gasteiger partial charge in [-0.1, -0.05) is 0 Å². The molecule has 1 aliphatic carbocycles. The number of nitrogens with one attached hydrogen (secondary N) is 3. The van der Waals surface area contributed by atoms with E-state index in [0.29, 0.717) is 0 Å². The first-order valence-electron chi connectivity index (χ1n) is 8.71. The largest absolute Gasteiger partial charge is 0.354 e. The Labute approximate surface area is 170 Å². The second kappa shape index (κ2) is 7.89. The van der Waals surface area contributed by atoms with Gasteiger partial charge in [-0.05, 0) is 12.1 Å². The van der Waals surface area contributed by atoms with Crippen LogP contribution in [-0.2, 0) is 14.6 Å². The highest BCUT2D eigenvalue weighted by Gasteiger charge is 2.48. The number of pyridine rings is 1. The number of halogens is 2. The van der Waals surface area contributed by atoms with Gasteiger partial charge in [-0.2, -0.15) is 0 Å². The zero-order chi connectivity index (χ0) is 22.1. The van der Waals surface area contributed by atoms with Crippen LogP contribution in [0.3, 0.4) is 0 Å². The summed E-state index contributed by atoms with van der Waals surface area (Å²) in [5, 5.41) is 15.0. The van der Waals surface area contributed by atoms with Crippen molar-refractivity contribution in [2.75, 3.05) is 23.9 Å². The van der Waals surface area contributed by atoms with Gasteiger partial charge < -0.3 is 16.0 Å². The number of amides is 2. The van der Waals surface area contributed by atoms with Gasteiger partial charge in [-0.15, -0.1) is 10.2 Å². The molecule has 0 spiro atoms. The maximum Gasteiger partial charge on any atom is 0.273 e. The minimum absolute atomic E-state index is 0.0159. The third-order valence-corrected chi connectivity index (χ3v) is 5.50. The number of alkyl halides is 2. The molecule has 13 heteroatoms. The normalized spacial score (nSPS) is 15.7. The Morgan fingerprint density at radius 2 is 1.93 bits per heavy atom. The zero-order valence-corrected chi connectivity index (χ0v) is 16.8. The molecule has 0 unspecified atom stereocenters. The Hall–Kier alpha value is -3.22.